The molecule has 1 heteroatoms. The number of rotatable bonds is 3. The fourth-order valence-electron chi connectivity index (χ4n) is 1.42. The summed E-state index contributed by atoms with van der Waals surface area (Å²) in [6, 6.07) is 20.1. The SMILES string of the molecule is C(=C=NCc1ccccc1)=Cc1ccccc1. The lowest BCUT2D eigenvalue weighted by atomic mass is 10.2. The van der Waals surface area contributed by atoms with Crippen LogP contribution in [0.15, 0.2) is 71.4 Å². The van der Waals surface area contributed by atoms with Crippen LogP contribution in [-0.4, -0.2) is 5.87 Å². The van der Waals surface area contributed by atoms with Crippen LogP contribution in [0.2, 0.25) is 0 Å². The third kappa shape index (κ3) is 3.96. The summed E-state index contributed by atoms with van der Waals surface area (Å²) >= 11 is 0. The van der Waals surface area contributed by atoms with Crippen LogP contribution >= 0.6 is 0 Å². The fraction of sp³-hybridized carbons (Fsp3) is 0.0625. The van der Waals surface area contributed by atoms with E-state index in [1.807, 2.05) is 66.7 Å². The van der Waals surface area contributed by atoms with Gasteiger partial charge in [0.15, 0.2) is 0 Å². The van der Waals surface area contributed by atoms with Crippen LogP contribution in [0.1, 0.15) is 11.1 Å². The molecule has 82 valence electrons. The predicted octanol–water partition coefficient (Wildman–Crippen LogP) is 3.72. The Morgan fingerprint density at radius 2 is 1.53 bits per heavy atom. The zero-order chi connectivity index (χ0) is 11.8. The Balaban J connectivity index is 1.99. The van der Waals surface area contributed by atoms with Gasteiger partial charge in [-0.15, -0.1) is 0 Å². The van der Waals surface area contributed by atoms with Crippen LogP contribution in [0.25, 0.3) is 6.08 Å². The Hall–Kier alpha value is -2.33. The van der Waals surface area contributed by atoms with E-state index in [4.69, 9.17) is 0 Å². The molecule has 0 aliphatic heterocycles. The monoisotopic (exact) mass is 219 g/mol. The molecule has 0 aliphatic carbocycles. The van der Waals surface area contributed by atoms with Crippen LogP contribution in [0.5, 0.6) is 0 Å². The zero-order valence-electron chi connectivity index (χ0n) is 9.51. The summed E-state index contributed by atoms with van der Waals surface area (Å²) in [5.74, 6) is 2.80. The van der Waals surface area contributed by atoms with Crippen molar-refractivity contribution in [3.05, 3.63) is 77.5 Å². The van der Waals surface area contributed by atoms with Gasteiger partial charge in [-0.2, -0.15) is 0 Å². The highest BCUT2D eigenvalue weighted by Crippen LogP contribution is 2.00. The number of benzene rings is 2. The molecule has 2 aromatic carbocycles. The summed E-state index contributed by atoms with van der Waals surface area (Å²) in [6.45, 7) is 0.649. The molecule has 0 amide bonds. The lowest BCUT2D eigenvalue weighted by molar-refractivity contribution is 1.08. The van der Waals surface area contributed by atoms with E-state index in [2.05, 4.69) is 16.6 Å². The standard InChI is InChI=1S/C16H13N/c1-3-8-15(9-4-1)12-7-13-17-14-16-10-5-2-6-11-16/h1-6,8-12H,14H2. The van der Waals surface area contributed by atoms with E-state index in [1.54, 1.807) is 0 Å². The van der Waals surface area contributed by atoms with Crippen molar-refractivity contribution < 1.29 is 0 Å². The Labute approximate surface area is 101 Å². The molecule has 0 saturated heterocycles. The van der Waals surface area contributed by atoms with E-state index < -0.39 is 0 Å². The summed E-state index contributed by atoms with van der Waals surface area (Å²) < 4.78 is 0. The fourth-order valence-corrected chi connectivity index (χ4v) is 1.42. The van der Waals surface area contributed by atoms with E-state index in [-0.39, 0.29) is 0 Å². The molecule has 0 heterocycles. The lowest BCUT2D eigenvalue weighted by Crippen LogP contribution is -1.77. The molecule has 2 rings (SSSR count). The Bertz CT molecular complexity index is 543. The van der Waals surface area contributed by atoms with E-state index in [9.17, 15) is 0 Å². The van der Waals surface area contributed by atoms with Crippen LogP contribution in [0, 0.1) is 0 Å². The van der Waals surface area contributed by atoms with Gasteiger partial charge < -0.3 is 0 Å². The minimum atomic E-state index is 0.649. The molecule has 0 spiro atoms. The van der Waals surface area contributed by atoms with Gasteiger partial charge in [-0.3, -0.25) is 0 Å². The van der Waals surface area contributed by atoms with Crippen molar-refractivity contribution in [1.82, 2.24) is 0 Å². The van der Waals surface area contributed by atoms with Crippen molar-refractivity contribution in [3.63, 3.8) is 0 Å². The molecule has 0 aromatic heterocycles. The molecule has 17 heavy (non-hydrogen) atoms. The van der Waals surface area contributed by atoms with E-state index in [0.717, 1.165) is 5.56 Å². The minimum Gasteiger partial charge on any atom is -0.230 e. The lowest BCUT2D eigenvalue weighted by Gasteiger charge is -1.90. The molecule has 0 radical (unpaired) electrons. The molecule has 0 bridgehead atoms. The molecule has 0 unspecified atom stereocenters. The number of aliphatic imine (C=N–C) groups is 1. The smallest absolute Gasteiger partial charge is 0.0741 e. The van der Waals surface area contributed by atoms with Crippen molar-refractivity contribution in [1.29, 1.82) is 0 Å². The van der Waals surface area contributed by atoms with E-state index >= 15 is 0 Å². The first kappa shape index (κ1) is 11.2. The Kier molecular flexibility index (Phi) is 4.13. The second-order valence-corrected chi connectivity index (χ2v) is 3.61. The normalized spacial score (nSPS) is 8.94. The summed E-state index contributed by atoms with van der Waals surface area (Å²) in [7, 11) is 0. The summed E-state index contributed by atoms with van der Waals surface area (Å²) in [6.07, 6.45) is 1.87. The molecule has 0 N–H and O–H groups in total. The van der Waals surface area contributed by atoms with Crippen LogP contribution in [0.4, 0.5) is 0 Å². The van der Waals surface area contributed by atoms with Crippen molar-refractivity contribution >= 4 is 11.9 Å². The van der Waals surface area contributed by atoms with Crippen LogP contribution < -0.4 is 0 Å². The summed E-state index contributed by atoms with van der Waals surface area (Å²) in [5, 5.41) is 0. The number of hydrogen-bond donors (Lipinski definition) is 0. The van der Waals surface area contributed by atoms with Gasteiger partial charge >= 0.3 is 0 Å². The summed E-state index contributed by atoms with van der Waals surface area (Å²) in [5.41, 5.74) is 5.22. The van der Waals surface area contributed by atoms with Crippen molar-refractivity contribution in [2.24, 2.45) is 4.99 Å². The Morgan fingerprint density at radius 1 is 0.882 bits per heavy atom. The molecule has 0 saturated carbocycles. The predicted molar refractivity (Wildman–Crippen MR) is 72.0 cm³/mol. The minimum absolute atomic E-state index is 0.649. The zero-order valence-corrected chi connectivity index (χ0v) is 9.51. The number of nitrogens with zero attached hydrogens (tertiary/aromatic N) is 1. The van der Waals surface area contributed by atoms with Crippen LogP contribution in [-0.2, 0) is 6.54 Å². The number of hydrogen-bond acceptors (Lipinski definition) is 1. The van der Waals surface area contributed by atoms with Crippen LogP contribution in [0.3, 0.4) is 0 Å². The average Bonchev–Trinajstić information content (AvgIpc) is 2.41. The Morgan fingerprint density at radius 3 is 2.24 bits per heavy atom. The van der Waals surface area contributed by atoms with Gasteiger partial charge in [0.05, 0.1) is 6.54 Å². The molecular formula is C16H13N. The largest absolute Gasteiger partial charge is 0.230 e. The highest BCUT2D eigenvalue weighted by atomic mass is 14.7. The van der Waals surface area contributed by atoms with E-state index in [0.29, 0.717) is 6.54 Å². The molecule has 0 atom stereocenters. The first-order valence-electron chi connectivity index (χ1n) is 5.54. The molecule has 2 aromatic rings. The van der Waals surface area contributed by atoms with Gasteiger partial charge in [-0.05, 0) is 22.9 Å². The first-order chi connectivity index (χ1) is 8.45. The van der Waals surface area contributed by atoms with Gasteiger partial charge in [0, 0.05) is 5.87 Å². The maximum Gasteiger partial charge on any atom is 0.0741 e. The maximum atomic E-state index is 4.16. The third-order valence-corrected chi connectivity index (χ3v) is 2.29. The highest BCUT2D eigenvalue weighted by Gasteiger charge is 1.84. The van der Waals surface area contributed by atoms with Crippen molar-refractivity contribution in [3.8, 4) is 0 Å². The average molecular weight is 219 g/mol. The second kappa shape index (κ2) is 6.30. The third-order valence-electron chi connectivity index (χ3n) is 2.29. The van der Waals surface area contributed by atoms with Gasteiger partial charge in [0.2, 0.25) is 0 Å². The van der Waals surface area contributed by atoms with Gasteiger partial charge in [0.1, 0.15) is 0 Å². The molecular weight excluding hydrogens is 206 g/mol. The highest BCUT2D eigenvalue weighted by molar-refractivity contribution is 5.61. The topological polar surface area (TPSA) is 12.4 Å². The van der Waals surface area contributed by atoms with Gasteiger partial charge in [-0.1, -0.05) is 60.7 Å². The second-order valence-electron chi connectivity index (χ2n) is 3.61. The summed E-state index contributed by atoms with van der Waals surface area (Å²) in [4.78, 5) is 4.16. The maximum absolute atomic E-state index is 4.16. The quantitative estimate of drug-likeness (QED) is 0.551. The molecule has 1 nitrogen and oxygen atoms in total. The van der Waals surface area contributed by atoms with Crippen molar-refractivity contribution in [2.75, 3.05) is 0 Å². The van der Waals surface area contributed by atoms with Gasteiger partial charge in [-0.25, -0.2) is 4.99 Å². The van der Waals surface area contributed by atoms with E-state index in [1.165, 1.54) is 5.56 Å². The van der Waals surface area contributed by atoms with Gasteiger partial charge in [0.25, 0.3) is 0 Å². The molecule has 0 aliphatic rings. The molecule has 0 fully saturated rings. The van der Waals surface area contributed by atoms with Crippen molar-refractivity contribution in [2.45, 2.75) is 6.54 Å². The first-order valence-corrected chi connectivity index (χ1v) is 5.54.